The standard InChI is InChI=1S/C17H11Cl2FN6S/c1-7-23-11(21)5-12(24-7)25-16-15-14(10(20)6-22-16)26-17(27-15)13-8(18)3-2-4-9(13)19/h2-6H,1H3,(H3,21,22,23,24,25). The molecule has 0 atom stereocenters. The van der Waals surface area contributed by atoms with Gasteiger partial charge in [-0.3, -0.25) is 0 Å². The Morgan fingerprint density at radius 2 is 1.89 bits per heavy atom. The van der Waals surface area contributed by atoms with Crippen molar-refractivity contribution in [1.82, 2.24) is 19.9 Å². The number of thiazole rings is 1. The molecule has 0 spiro atoms. The minimum Gasteiger partial charge on any atom is -0.384 e. The second-order valence-corrected chi connectivity index (χ2v) is 7.41. The fourth-order valence-electron chi connectivity index (χ4n) is 2.56. The maximum Gasteiger partial charge on any atom is 0.168 e. The van der Waals surface area contributed by atoms with Gasteiger partial charge in [0.2, 0.25) is 0 Å². The van der Waals surface area contributed by atoms with Gasteiger partial charge in [-0.05, 0) is 19.1 Å². The highest BCUT2D eigenvalue weighted by molar-refractivity contribution is 7.22. The molecule has 1 aromatic carbocycles. The van der Waals surface area contributed by atoms with E-state index >= 15 is 0 Å². The van der Waals surface area contributed by atoms with Crippen LogP contribution in [0.25, 0.3) is 20.8 Å². The number of nitrogens with two attached hydrogens (primary N) is 1. The third kappa shape index (κ3) is 3.39. The fourth-order valence-corrected chi connectivity index (χ4v) is 4.34. The molecule has 0 saturated carbocycles. The number of rotatable bonds is 3. The first-order valence-electron chi connectivity index (χ1n) is 7.70. The van der Waals surface area contributed by atoms with Crippen LogP contribution in [0.3, 0.4) is 0 Å². The topological polar surface area (TPSA) is 89.6 Å². The molecule has 0 radical (unpaired) electrons. The van der Waals surface area contributed by atoms with E-state index in [4.69, 9.17) is 28.9 Å². The van der Waals surface area contributed by atoms with Gasteiger partial charge in [0, 0.05) is 11.6 Å². The maximum atomic E-state index is 14.3. The van der Waals surface area contributed by atoms with Crippen LogP contribution in [0, 0.1) is 12.7 Å². The Hall–Kier alpha value is -2.55. The van der Waals surface area contributed by atoms with Gasteiger partial charge in [0.1, 0.15) is 32.7 Å². The van der Waals surface area contributed by atoms with Crippen molar-refractivity contribution in [1.29, 1.82) is 0 Å². The number of nitrogen functional groups attached to an aromatic ring is 1. The van der Waals surface area contributed by atoms with Crippen LogP contribution in [-0.4, -0.2) is 19.9 Å². The summed E-state index contributed by atoms with van der Waals surface area (Å²) in [6.07, 6.45) is 1.10. The lowest BCUT2D eigenvalue weighted by atomic mass is 10.2. The second-order valence-electron chi connectivity index (χ2n) is 5.60. The summed E-state index contributed by atoms with van der Waals surface area (Å²) < 4.78 is 14.8. The van der Waals surface area contributed by atoms with E-state index in [9.17, 15) is 4.39 Å². The molecular weight excluding hydrogens is 410 g/mol. The van der Waals surface area contributed by atoms with E-state index in [-0.39, 0.29) is 5.52 Å². The number of aryl methyl sites for hydroxylation is 1. The Bertz CT molecular complexity index is 1140. The average Bonchev–Trinajstić information content (AvgIpc) is 3.02. The number of nitrogens with zero attached hydrogens (tertiary/aromatic N) is 4. The van der Waals surface area contributed by atoms with E-state index in [0.717, 1.165) is 6.20 Å². The zero-order chi connectivity index (χ0) is 19.1. The Kier molecular flexibility index (Phi) is 4.55. The minimum absolute atomic E-state index is 0.169. The molecule has 0 unspecified atom stereocenters. The molecule has 0 bridgehead atoms. The second kappa shape index (κ2) is 6.88. The highest BCUT2D eigenvalue weighted by atomic mass is 35.5. The molecule has 0 aliphatic heterocycles. The van der Waals surface area contributed by atoms with E-state index in [0.29, 0.717) is 48.6 Å². The van der Waals surface area contributed by atoms with E-state index in [1.807, 2.05) is 0 Å². The molecule has 0 aliphatic rings. The first-order valence-corrected chi connectivity index (χ1v) is 9.27. The third-order valence-electron chi connectivity index (χ3n) is 3.66. The third-order valence-corrected chi connectivity index (χ3v) is 5.37. The maximum absolute atomic E-state index is 14.3. The lowest BCUT2D eigenvalue weighted by Gasteiger charge is -2.07. The molecule has 27 heavy (non-hydrogen) atoms. The predicted octanol–water partition coefficient (Wildman–Crippen LogP) is 5.23. The van der Waals surface area contributed by atoms with Crippen molar-refractivity contribution in [3.63, 3.8) is 0 Å². The summed E-state index contributed by atoms with van der Waals surface area (Å²) in [7, 11) is 0. The highest BCUT2D eigenvalue weighted by Crippen LogP contribution is 2.41. The van der Waals surface area contributed by atoms with Crippen LogP contribution in [0.2, 0.25) is 10.0 Å². The monoisotopic (exact) mass is 420 g/mol. The van der Waals surface area contributed by atoms with Crippen LogP contribution in [0.5, 0.6) is 0 Å². The zero-order valence-corrected chi connectivity index (χ0v) is 16.1. The number of pyridine rings is 1. The van der Waals surface area contributed by atoms with Gasteiger partial charge in [-0.2, -0.15) is 0 Å². The first-order chi connectivity index (χ1) is 12.9. The van der Waals surface area contributed by atoms with Crippen LogP contribution in [-0.2, 0) is 0 Å². The van der Waals surface area contributed by atoms with Crippen LogP contribution in [0.15, 0.2) is 30.5 Å². The van der Waals surface area contributed by atoms with Gasteiger partial charge in [0.25, 0.3) is 0 Å². The summed E-state index contributed by atoms with van der Waals surface area (Å²) in [5.74, 6) is 1.13. The van der Waals surface area contributed by atoms with E-state index in [2.05, 4.69) is 25.3 Å². The molecule has 136 valence electrons. The number of hydrogen-bond acceptors (Lipinski definition) is 7. The van der Waals surface area contributed by atoms with Crippen molar-refractivity contribution in [2.75, 3.05) is 11.1 Å². The smallest absolute Gasteiger partial charge is 0.168 e. The lowest BCUT2D eigenvalue weighted by molar-refractivity contribution is 0.632. The molecule has 10 heteroatoms. The highest BCUT2D eigenvalue weighted by Gasteiger charge is 2.18. The first kappa shape index (κ1) is 17.8. The quantitative estimate of drug-likeness (QED) is 0.471. The van der Waals surface area contributed by atoms with Crippen LogP contribution >= 0.6 is 34.5 Å². The molecule has 3 aromatic heterocycles. The number of halogens is 3. The zero-order valence-electron chi connectivity index (χ0n) is 13.8. The number of aromatic nitrogens is 4. The van der Waals surface area contributed by atoms with Gasteiger partial charge < -0.3 is 11.1 Å². The number of fused-ring (bicyclic) bond motifs is 1. The molecule has 3 heterocycles. The molecule has 0 aliphatic carbocycles. The number of nitrogens with one attached hydrogen (secondary N) is 1. The van der Waals surface area contributed by atoms with Gasteiger partial charge in [0.15, 0.2) is 11.6 Å². The van der Waals surface area contributed by atoms with E-state index in [1.165, 1.54) is 11.3 Å². The van der Waals surface area contributed by atoms with Crippen molar-refractivity contribution in [3.05, 3.63) is 52.1 Å². The number of benzene rings is 1. The molecule has 4 rings (SSSR count). The normalized spacial score (nSPS) is 11.1. The fraction of sp³-hybridized carbons (Fsp3) is 0.0588. The summed E-state index contributed by atoms with van der Waals surface area (Å²) in [6, 6.07) is 6.71. The Morgan fingerprint density at radius 3 is 2.59 bits per heavy atom. The van der Waals surface area contributed by atoms with Crippen LogP contribution in [0.1, 0.15) is 5.82 Å². The van der Waals surface area contributed by atoms with E-state index in [1.54, 1.807) is 31.2 Å². The van der Waals surface area contributed by atoms with Crippen molar-refractivity contribution in [2.45, 2.75) is 6.92 Å². The van der Waals surface area contributed by atoms with Crippen molar-refractivity contribution in [3.8, 4) is 10.6 Å². The van der Waals surface area contributed by atoms with Gasteiger partial charge >= 0.3 is 0 Å². The molecule has 3 N–H and O–H groups in total. The van der Waals surface area contributed by atoms with Crippen molar-refractivity contribution in [2.24, 2.45) is 0 Å². The summed E-state index contributed by atoms with van der Waals surface area (Å²) in [6.45, 7) is 1.72. The Labute approximate surface area is 167 Å². The minimum atomic E-state index is -0.542. The van der Waals surface area contributed by atoms with Crippen LogP contribution in [0.4, 0.5) is 21.8 Å². The van der Waals surface area contributed by atoms with Crippen molar-refractivity contribution >= 4 is 62.2 Å². The summed E-state index contributed by atoms with van der Waals surface area (Å²) >= 11 is 13.8. The van der Waals surface area contributed by atoms with Gasteiger partial charge in [-0.15, -0.1) is 11.3 Å². The number of hydrogen-bond donors (Lipinski definition) is 2. The average molecular weight is 421 g/mol. The largest absolute Gasteiger partial charge is 0.384 e. The van der Waals surface area contributed by atoms with Gasteiger partial charge in [-0.1, -0.05) is 29.3 Å². The van der Waals surface area contributed by atoms with Crippen LogP contribution < -0.4 is 11.1 Å². The molecule has 0 saturated heterocycles. The molecule has 0 fully saturated rings. The predicted molar refractivity (Wildman–Crippen MR) is 107 cm³/mol. The Morgan fingerprint density at radius 1 is 1.15 bits per heavy atom. The summed E-state index contributed by atoms with van der Waals surface area (Å²) in [5.41, 5.74) is 6.47. The summed E-state index contributed by atoms with van der Waals surface area (Å²) in [4.78, 5) is 16.8. The lowest BCUT2D eigenvalue weighted by Crippen LogP contribution is -2.02. The Balaban J connectivity index is 1.86. The van der Waals surface area contributed by atoms with Gasteiger partial charge in [0.05, 0.1) is 16.2 Å². The number of anilines is 3. The van der Waals surface area contributed by atoms with Crippen molar-refractivity contribution < 1.29 is 4.39 Å². The molecule has 6 nitrogen and oxygen atoms in total. The summed E-state index contributed by atoms with van der Waals surface area (Å²) in [5, 5.41) is 4.41. The molecule has 0 amide bonds. The van der Waals surface area contributed by atoms with E-state index < -0.39 is 5.82 Å². The van der Waals surface area contributed by atoms with Gasteiger partial charge in [-0.25, -0.2) is 24.3 Å². The SMILES string of the molecule is Cc1nc(N)cc(Nc2ncc(F)c3nc(-c4c(Cl)cccc4Cl)sc23)n1. The molecule has 4 aromatic rings. The molecular formula is C17H11Cl2FN6S.